The van der Waals surface area contributed by atoms with Gasteiger partial charge in [-0.05, 0) is 19.1 Å². The van der Waals surface area contributed by atoms with Gasteiger partial charge in [-0.1, -0.05) is 12.1 Å². The molecule has 1 N–H and O–H groups in total. The normalized spacial score (nSPS) is 17.9. The van der Waals surface area contributed by atoms with E-state index < -0.39 is 32.6 Å². The summed E-state index contributed by atoms with van der Waals surface area (Å²) in [6.45, 7) is 6.27. The van der Waals surface area contributed by atoms with Gasteiger partial charge in [0, 0.05) is 32.7 Å². The molecule has 1 fully saturated rings. The van der Waals surface area contributed by atoms with Crippen molar-refractivity contribution in [3.8, 4) is 0 Å². The summed E-state index contributed by atoms with van der Waals surface area (Å²) in [5.74, 6) is -2.41. The topological polar surface area (TPSA) is 69.7 Å². The van der Waals surface area contributed by atoms with Gasteiger partial charge in [-0.2, -0.15) is 4.31 Å². The Balaban J connectivity index is 2.06. The Morgan fingerprint density at radius 1 is 1.28 bits per heavy atom. The maximum atomic E-state index is 13.8. The Morgan fingerprint density at radius 2 is 1.84 bits per heavy atom. The van der Waals surface area contributed by atoms with Crippen LogP contribution >= 0.6 is 0 Å². The van der Waals surface area contributed by atoms with E-state index in [4.69, 9.17) is 0 Å². The molecule has 9 heteroatoms. The molecule has 1 aromatic rings. The second-order valence-corrected chi connectivity index (χ2v) is 7.58. The third-order valence-corrected chi connectivity index (χ3v) is 6.09. The molecule has 1 saturated heterocycles. The fourth-order valence-corrected chi connectivity index (χ4v) is 4.21. The lowest BCUT2D eigenvalue weighted by Crippen LogP contribution is -2.55. The van der Waals surface area contributed by atoms with Gasteiger partial charge < -0.3 is 5.32 Å². The van der Waals surface area contributed by atoms with Gasteiger partial charge in [-0.15, -0.1) is 6.58 Å². The molecule has 6 nitrogen and oxygen atoms in total. The minimum absolute atomic E-state index is 0.0508. The number of rotatable bonds is 6. The van der Waals surface area contributed by atoms with Gasteiger partial charge in [0.25, 0.3) is 0 Å². The van der Waals surface area contributed by atoms with E-state index in [1.807, 2.05) is 4.90 Å². The molecule has 138 valence electrons. The SMILES string of the molecule is C=CCNC(=O)[C@@H](C)N1CCN(S(=O)(=O)c2c(F)cccc2F)CC1. The molecule has 2 rings (SSSR count). The zero-order valence-corrected chi connectivity index (χ0v) is 14.7. The minimum Gasteiger partial charge on any atom is -0.351 e. The van der Waals surface area contributed by atoms with Gasteiger partial charge in [-0.25, -0.2) is 17.2 Å². The fourth-order valence-electron chi connectivity index (χ4n) is 2.68. The van der Waals surface area contributed by atoms with Crippen LogP contribution in [0.2, 0.25) is 0 Å². The van der Waals surface area contributed by atoms with Gasteiger partial charge in [0.05, 0.1) is 6.04 Å². The highest BCUT2D eigenvalue weighted by Gasteiger charge is 2.34. The lowest BCUT2D eigenvalue weighted by molar-refractivity contribution is -0.126. The molecule has 1 amide bonds. The second kappa shape index (κ2) is 8.03. The zero-order chi connectivity index (χ0) is 18.6. The average Bonchev–Trinajstić information content (AvgIpc) is 2.58. The van der Waals surface area contributed by atoms with Gasteiger partial charge in [0.15, 0.2) is 4.90 Å². The van der Waals surface area contributed by atoms with E-state index in [1.165, 1.54) is 0 Å². The Labute approximate surface area is 146 Å². The summed E-state index contributed by atoms with van der Waals surface area (Å²) in [5.41, 5.74) is 0. The first-order chi connectivity index (χ1) is 11.8. The highest BCUT2D eigenvalue weighted by molar-refractivity contribution is 7.89. The number of amides is 1. The Bertz CT molecular complexity index is 727. The van der Waals surface area contributed by atoms with E-state index in [0.717, 1.165) is 22.5 Å². The molecular formula is C16H21F2N3O3S. The summed E-state index contributed by atoms with van der Waals surface area (Å²) in [4.78, 5) is 12.9. The van der Waals surface area contributed by atoms with E-state index in [2.05, 4.69) is 11.9 Å². The van der Waals surface area contributed by atoms with Gasteiger partial charge >= 0.3 is 0 Å². The molecule has 0 spiro atoms. The first kappa shape index (κ1) is 19.5. The highest BCUT2D eigenvalue weighted by Crippen LogP contribution is 2.23. The Kier molecular flexibility index (Phi) is 6.26. The van der Waals surface area contributed by atoms with Crippen molar-refractivity contribution in [3.63, 3.8) is 0 Å². The van der Waals surface area contributed by atoms with E-state index in [9.17, 15) is 22.0 Å². The minimum atomic E-state index is -4.26. The number of carbonyl (C=O) groups excluding carboxylic acids is 1. The predicted molar refractivity (Wildman–Crippen MR) is 89.4 cm³/mol. The molecule has 1 aliphatic rings. The molecule has 0 radical (unpaired) electrons. The Hall–Kier alpha value is -1.84. The van der Waals surface area contributed by atoms with E-state index in [0.29, 0.717) is 6.54 Å². The number of carbonyl (C=O) groups is 1. The molecule has 0 bridgehead atoms. The number of sulfonamides is 1. The highest BCUT2D eigenvalue weighted by atomic mass is 32.2. The van der Waals surface area contributed by atoms with Crippen LogP contribution in [0.3, 0.4) is 0 Å². The third kappa shape index (κ3) is 4.23. The maximum absolute atomic E-state index is 13.8. The number of nitrogens with one attached hydrogen (secondary N) is 1. The molecule has 0 aromatic heterocycles. The van der Waals surface area contributed by atoms with Crippen molar-refractivity contribution in [2.75, 3.05) is 32.7 Å². The monoisotopic (exact) mass is 373 g/mol. The summed E-state index contributed by atoms with van der Waals surface area (Å²) in [7, 11) is -4.26. The van der Waals surface area contributed by atoms with Crippen LogP contribution in [-0.2, 0) is 14.8 Å². The standard InChI is InChI=1S/C16H21F2N3O3S/c1-3-7-19-16(22)12(2)20-8-10-21(11-9-20)25(23,24)15-13(17)5-4-6-14(15)18/h3-6,12H,1,7-11H2,2H3,(H,19,22)/t12-/m1/s1. The summed E-state index contributed by atoms with van der Waals surface area (Å²) >= 11 is 0. The number of hydrogen-bond donors (Lipinski definition) is 1. The summed E-state index contributed by atoms with van der Waals surface area (Å²) in [5, 5.41) is 2.68. The van der Waals surface area contributed by atoms with E-state index in [-0.39, 0.29) is 32.1 Å². The van der Waals surface area contributed by atoms with Gasteiger partial charge in [-0.3, -0.25) is 9.69 Å². The summed E-state index contributed by atoms with van der Waals surface area (Å²) in [6, 6.07) is 2.51. The molecule has 0 unspecified atom stereocenters. The van der Waals surface area contributed by atoms with E-state index in [1.54, 1.807) is 13.0 Å². The van der Waals surface area contributed by atoms with Crippen molar-refractivity contribution < 1.29 is 22.0 Å². The Morgan fingerprint density at radius 3 is 2.36 bits per heavy atom. The lowest BCUT2D eigenvalue weighted by atomic mass is 10.2. The molecule has 1 heterocycles. The number of benzene rings is 1. The van der Waals surface area contributed by atoms with Crippen molar-refractivity contribution >= 4 is 15.9 Å². The van der Waals surface area contributed by atoms with Crippen molar-refractivity contribution in [1.82, 2.24) is 14.5 Å². The molecule has 1 aromatic carbocycles. The maximum Gasteiger partial charge on any atom is 0.249 e. The quantitative estimate of drug-likeness (QED) is 0.755. The third-order valence-electron chi connectivity index (χ3n) is 4.14. The van der Waals surface area contributed by atoms with Crippen LogP contribution < -0.4 is 5.32 Å². The van der Waals surface area contributed by atoms with Crippen LogP contribution in [0.5, 0.6) is 0 Å². The van der Waals surface area contributed by atoms with Crippen molar-refractivity contribution in [2.24, 2.45) is 0 Å². The molecule has 1 atom stereocenters. The molecular weight excluding hydrogens is 352 g/mol. The predicted octanol–water partition coefficient (Wildman–Crippen LogP) is 0.962. The largest absolute Gasteiger partial charge is 0.351 e. The van der Waals surface area contributed by atoms with Crippen molar-refractivity contribution in [3.05, 3.63) is 42.5 Å². The van der Waals surface area contributed by atoms with Gasteiger partial charge in [0.1, 0.15) is 11.6 Å². The van der Waals surface area contributed by atoms with Crippen LogP contribution in [0.4, 0.5) is 8.78 Å². The number of piperazine rings is 1. The molecule has 0 saturated carbocycles. The van der Waals surface area contributed by atoms with E-state index >= 15 is 0 Å². The first-order valence-electron chi connectivity index (χ1n) is 7.86. The van der Waals surface area contributed by atoms with Crippen LogP contribution in [-0.4, -0.2) is 62.3 Å². The van der Waals surface area contributed by atoms with Crippen molar-refractivity contribution in [1.29, 1.82) is 0 Å². The fraction of sp³-hybridized carbons (Fsp3) is 0.438. The number of hydrogen-bond acceptors (Lipinski definition) is 4. The summed E-state index contributed by atoms with van der Waals surface area (Å²) in [6.07, 6.45) is 1.57. The number of halogens is 2. The van der Waals surface area contributed by atoms with Crippen molar-refractivity contribution in [2.45, 2.75) is 17.9 Å². The lowest BCUT2D eigenvalue weighted by Gasteiger charge is -2.36. The van der Waals surface area contributed by atoms with Crippen LogP contribution in [0.15, 0.2) is 35.7 Å². The van der Waals surface area contributed by atoms with Crippen LogP contribution in [0, 0.1) is 11.6 Å². The average molecular weight is 373 g/mol. The van der Waals surface area contributed by atoms with Gasteiger partial charge in [0.2, 0.25) is 15.9 Å². The second-order valence-electron chi connectivity index (χ2n) is 5.70. The first-order valence-corrected chi connectivity index (χ1v) is 9.30. The van der Waals surface area contributed by atoms with Crippen LogP contribution in [0.25, 0.3) is 0 Å². The molecule has 1 aliphatic heterocycles. The molecule has 0 aliphatic carbocycles. The zero-order valence-electron chi connectivity index (χ0n) is 13.9. The van der Waals surface area contributed by atoms with Crippen LogP contribution in [0.1, 0.15) is 6.92 Å². The summed E-state index contributed by atoms with van der Waals surface area (Å²) < 4.78 is 53.7. The smallest absolute Gasteiger partial charge is 0.249 e. The number of nitrogens with zero attached hydrogens (tertiary/aromatic N) is 2. The molecule has 25 heavy (non-hydrogen) atoms.